The molecule has 1 rings (SSSR count). The summed E-state index contributed by atoms with van der Waals surface area (Å²) in [5.74, 6) is -1.89. The Morgan fingerprint density at radius 3 is 2.37 bits per heavy atom. The van der Waals surface area contributed by atoms with Crippen LogP contribution in [0.5, 0.6) is 0 Å². The number of aryl methyl sites for hydroxylation is 1. The summed E-state index contributed by atoms with van der Waals surface area (Å²) in [6, 6.07) is 4.01. The van der Waals surface area contributed by atoms with Gasteiger partial charge in [0.25, 0.3) is 5.91 Å². The van der Waals surface area contributed by atoms with Gasteiger partial charge in [-0.25, -0.2) is 9.18 Å². The molecule has 0 atom stereocenters. The van der Waals surface area contributed by atoms with Crippen molar-refractivity contribution in [3.8, 4) is 0 Å². The first kappa shape index (κ1) is 15.1. The summed E-state index contributed by atoms with van der Waals surface area (Å²) in [7, 11) is 0. The van der Waals surface area contributed by atoms with Crippen molar-refractivity contribution < 1.29 is 19.1 Å². The third-order valence-corrected chi connectivity index (χ3v) is 3.16. The minimum Gasteiger partial charge on any atom is -0.480 e. The lowest BCUT2D eigenvalue weighted by Gasteiger charge is -2.34. The monoisotopic (exact) mass is 267 g/mol. The first-order valence-corrected chi connectivity index (χ1v) is 6.03. The average Bonchev–Trinajstić information content (AvgIpc) is 2.32. The number of rotatable bonds is 4. The summed E-state index contributed by atoms with van der Waals surface area (Å²) < 4.78 is 13.2. The molecule has 0 fully saturated rings. The molecule has 0 bridgehead atoms. The highest BCUT2D eigenvalue weighted by atomic mass is 19.1. The number of amides is 1. The van der Waals surface area contributed by atoms with Crippen LogP contribution < -0.4 is 0 Å². The van der Waals surface area contributed by atoms with E-state index < -0.39 is 23.2 Å². The highest BCUT2D eigenvalue weighted by molar-refractivity contribution is 5.97. The number of carbonyl (C=O) groups is 2. The normalized spacial score (nSPS) is 11.2. The molecule has 1 aromatic carbocycles. The van der Waals surface area contributed by atoms with Gasteiger partial charge >= 0.3 is 5.97 Å². The fraction of sp³-hybridized carbons (Fsp3) is 0.429. The number of carbonyl (C=O) groups excluding carboxylic acids is 1. The molecule has 0 unspecified atom stereocenters. The molecule has 1 N–H and O–H groups in total. The maximum Gasteiger partial charge on any atom is 0.329 e. The molecule has 0 aliphatic rings. The van der Waals surface area contributed by atoms with Crippen LogP contribution in [0, 0.1) is 12.7 Å². The van der Waals surface area contributed by atoms with Gasteiger partial charge in [0, 0.05) is 12.1 Å². The van der Waals surface area contributed by atoms with Crippen LogP contribution in [0.25, 0.3) is 0 Å². The summed E-state index contributed by atoms with van der Waals surface area (Å²) in [4.78, 5) is 24.8. The minimum atomic E-state index is -1.31. The number of benzene rings is 1. The molecular weight excluding hydrogens is 249 g/mol. The number of likely N-dealkylation sites (N-methyl/N-ethyl adjacent to an activating group) is 1. The third-order valence-electron chi connectivity index (χ3n) is 3.16. The van der Waals surface area contributed by atoms with Crippen LogP contribution >= 0.6 is 0 Å². The van der Waals surface area contributed by atoms with E-state index in [0.717, 1.165) is 0 Å². The van der Waals surface area contributed by atoms with Crippen LogP contribution in [0.15, 0.2) is 18.2 Å². The lowest BCUT2D eigenvalue weighted by atomic mass is 10.0. The Balaban J connectivity index is 3.15. The Morgan fingerprint density at radius 1 is 1.37 bits per heavy atom. The fourth-order valence-corrected chi connectivity index (χ4v) is 1.84. The molecule has 0 aliphatic heterocycles. The molecule has 0 radical (unpaired) electrons. The molecule has 104 valence electrons. The lowest BCUT2D eigenvalue weighted by molar-refractivity contribution is -0.147. The zero-order valence-corrected chi connectivity index (χ0v) is 11.5. The van der Waals surface area contributed by atoms with Gasteiger partial charge in [-0.05, 0) is 51.5 Å². The smallest absolute Gasteiger partial charge is 0.329 e. The summed E-state index contributed by atoms with van der Waals surface area (Å²) in [5, 5.41) is 9.18. The lowest BCUT2D eigenvalue weighted by Crippen LogP contribution is -2.52. The molecule has 0 saturated heterocycles. The Morgan fingerprint density at radius 2 is 1.95 bits per heavy atom. The van der Waals surface area contributed by atoms with Crippen molar-refractivity contribution >= 4 is 11.9 Å². The number of hydrogen-bond donors (Lipinski definition) is 1. The third kappa shape index (κ3) is 2.92. The van der Waals surface area contributed by atoms with Crippen molar-refractivity contribution in [3.05, 3.63) is 35.1 Å². The van der Waals surface area contributed by atoms with Gasteiger partial charge in [-0.3, -0.25) is 4.79 Å². The van der Waals surface area contributed by atoms with E-state index in [9.17, 15) is 19.1 Å². The van der Waals surface area contributed by atoms with Gasteiger partial charge < -0.3 is 10.0 Å². The first-order chi connectivity index (χ1) is 8.71. The highest BCUT2D eigenvalue weighted by Crippen LogP contribution is 2.19. The number of nitrogens with zero attached hydrogens (tertiary/aromatic N) is 1. The van der Waals surface area contributed by atoms with E-state index in [1.165, 1.54) is 36.9 Å². The van der Waals surface area contributed by atoms with Crippen LogP contribution in [0.4, 0.5) is 4.39 Å². The molecule has 0 aliphatic carbocycles. The van der Waals surface area contributed by atoms with E-state index in [0.29, 0.717) is 5.56 Å². The second-order valence-corrected chi connectivity index (χ2v) is 4.88. The number of hydrogen-bond acceptors (Lipinski definition) is 2. The number of carboxylic acid groups (broad SMARTS) is 1. The van der Waals surface area contributed by atoms with E-state index in [1.54, 1.807) is 13.8 Å². The molecule has 0 heterocycles. The summed E-state index contributed by atoms with van der Waals surface area (Å²) in [5.41, 5.74) is -0.668. The zero-order chi connectivity index (χ0) is 14.8. The predicted molar refractivity (Wildman–Crippen MR) is 69.6 cm³/mol. The Hall–Kier alpha value is -1.91. The van der Waals surface area contributed by atoms with E-state index in [2.05, 4.69) is 0 Å². The van der Waals surface area contributed by atoms with E-state index >= 15 is 0 Å². The Bertz CT molecular complexity index is 511. The molecule has 0 saturated carbocycles. The van der Waals surface area contributed by atoms with Crippen molar-refractivity contribution in [1.29, 1.82) is 0 Å². The Kier molecular flexibility index (Phi) is 4.29. The van der Waals surface area contributed by atoms with Crippen LogP contribution in [-0.4, -0.2) is 34.0 Å². The van der Waals surface area contributed by atoms with E-state index in [-0.39, 0.29) is 12.1 Å². The predicted octanol–water partition coefficient (Wildman–Crippen LogP) is 2.46. The van der Waals surface area contributed by atoms with Crippen molar-refractivity contribution in [1.82, 2.24) is 4.90 Å². The van der Waals surface area contributed by atoms with Gasteiger partial charge in [0.15, 0.2) is 0 Å². The Labute approximate surface area is 111 Å². The van der Waals surface area contributed by atoms with Gasteiger partial charge in [-0.15, -0.1) is 0 Å². The van der Waals surface area contributed by atoms with Gasteiger partial charge in [-0.1, -0.05) is 0 Å². The molecule has 19 heavy (non-hydrogen) atoms. The largest absolute Gasteiger partial charge is 0.480 e. The van der Waals surface area contributed by atoms with E-state index in [4.69, 9.17) is 0 Å². The molecule has 5 heteroatoms. The number of halogens is 1. The van der Waals surface area contributed by atoms with Crippen molar-refractivity contribution in [2.45, 2.75) is 33.2 Å². The molecule has 0 aromatic heterocycles. The summed E-state index contributed by atoms with van der Waals surface area (Å²) in [6.07, 6.45) is 0. The van der Waals surface area contributed by atoms with Crippen molar-refractivity contribution in [2.75, 3.05) is 6.54 Å². The average molecular weight is 267 g/mol. The maximum atomic E-state index is 13.2. The highest BCUT2D eigenvalue weighted by Gasteiger charge is 2.37. The summed E-state index contributed by atoms with van der Waals surface area (Å²) in [6.45, 7) is 6.46. The molecule has 1 aromatic rings. The molecule has 4 nitrogen and oxygen atoms in total. The van der Waals surface area contributed by atoms with Crippen molar-refractivity contribution in [2.24, 2.45) is 0 Å². The van der Waals surface area contributed by atoms with Gasteiger partial charge in [0.1, 0.15) is 11.4 Å². The zero-order valence-electron chi connectivity index (χ0n) is 11.5. The number of aliphatic carboxylic acids is 1. The standard InChI is InChI=1S/C14H18FNO3/c1-5-16(14(3,4)13(18)19)12(17)10-6-7-11(15)9(2)8-10/h6-8H,5H2,1-4H3,(H,18,19). The fourth-order valence-electron chi connectivity index (χ4n) is 1.84. The van der Waals surface area contributed by atoms with Gasteiger partial charge in [-0.2, -0.15) is 0 Å². The van der Waals surface area contributed by atoms with Crippen LogP contribution in [0.3, 0.4) is 0 Å². The topological polar surface area (TPSA) is 57.6 Å². The van der Waals surface area contributed by atoms with E-state index in [1.807, 2.05) is 0 Å². The molecule has 1 amide bonds. The minimum absolute atomic E-state index is 0.258. The second kappa shape index (κ2) is 5.38. The van der Waals surface area contributed by atoms with Gasteiger partial charge in [0.2, 0.25) is 0 Å². The van der Waals surface area contributed by atoms with Crippen LogP contribution in [0.2, 0.25) is 0 Å². The first-order valence-electron chi connectivity index (χ1n) is 6.03. The quantitative estimate of drug-likeness (QED) is 0.911. The maximum absolute atomic E-state index is 13.2. The molecular formula is C14H18FNO3. The van der Waals surface area contributed by atoms with Crippen LogP contribution in [-0.2, 0) is 4.79 Å². The SMILES string of the molecule is CCN(C(=O)c1ccc(F)c(C)c1)C(C)(C)C(=O)O. The summed E-state index contributed by atoms with van der Waals surface area (Å²) >= 11 is 0. The van der Waals surface area contributed by atoms with Gasteiger partial charge in [0.05, 0.1) is 0 Å². The molecule has 0 spiro atoms. The number of carboxylic acids is 1. The van der Waals surface area contributed by atoms with Crippen molar-refractivity contribution in [3.63, 3.8) is 0 Å². The second-order valence-electron chi connectivity index (χ2n) is 4.88. The van der Waals surface area contributed by atoms with Crippen LogP contribution in [0.1, 0.15) is 36.7 Å².